The summed E-state index contributed by atoms with van der Waals surface area (Å²) in [7, 11) is 1.54. The summed E-state index contributed by atoms with van der Waals surface area (Å²) in [6.45, 7) is 5.38. The number of ether oxygens (including phenoxy) is 2. The van der Waals surface area contributed by atoms with Crippen molar-refractivity contribution >= 4 is 29.2 Å². The standard InChI is InChI=1S/C21H21ClN4O3/c1-21(2,3)29-20(27)26(15-8-5-7-14(22)11-15)18-13-23-12-17(24-18)16-9-6-10-19(25-16)28-4/h5-13H,1-4H3. The lowest BCUT2D eigenvalue weighted by Gasteiger charge is -2.27. The van der Waals surface area contributed by atoms with Gasteiger partial charge in [-0.1, -0.05) is 23.7 Å². The SMILES string of the molecule is COc1cccc(-c2cncc(N(C(=O)OC(C)(C)C)c3cccc(Cl)c3)n2)n1. The van der Waals surface area contributed by atoms with Gasteiger partial charge in [0.15, 0.2) is 5.82 Å². The zero-order valence-electron chi connectivity index (χ0n) is 16.6. The van der Waals surface area contributed by atoms with Gasteiger partial charge in [-0.05, 0) is 45.0 Å². The van der Waals surface area contributed by atoms with Crippen molar-refractivity contribution in [2.45, 2.75) is 26.4 Å². The Kier molecular flexibility index (Phi) is 5.98. The third-order valence-corrected chi connectivity index (χ3v) is 3.92. The lowest BCUT2D eigenvalue weighted by molar-refractivity contribution is 0.0598. The number of aromatic nitrogens is 3. The minimum atomic E-state index is -0.687. The normalized spacial score (nSPS) is 11.1. The minimum absolute atomic E-state index is 0.281. The molecule has 0 bridgehead atoms. The molecule has 0 spiro atoms. The molecule has 0 aliphatic rings. The number of hydrogen-bond acceptors (Lipinski definition) is 6. The fraction of sp³-hybridized carbons (Fsp3) is 0.238. The molecule has 150 valence electrons. The molecule has 29 heavy (non-hydrogen) atoms. The van der Waals surface area contributed by atoms with E-state index >= 15 is 0 Å². The van der Waals surface area contributed by atoms with Gasteiger partial charge in [-0.3, -0.25) is 4.98 Å². The smallest absolute Gasteiger partial charge is 0.420 e. The number of hydrogen-bond donors (Lipinski definition) is 0. The minimum Gasteiger partial charge on any atom is -0.481 e. The van der Waals surface area contributed by atoms with Crippen LogP contribution in [0.15, 0.2) is 54.9 Å². The van der Waals surface area contributed by atoms with Crippen molar-refractivity contribution in [3.63, 3.8) is 0 Å². The van der Waals surface area contributed by atoms with E-state index in [0.29, 0.717) is 28.0 Å². The molecule has 2 aromatic heterocycles. The number of carbonyl (C=O) groups is 1. The van der Waals surface area contributed by atoms with Crippen LogP contribution in [0.5, 0.6) is 5.88 Å². The Labute approximate surface area is 174 Å². The largest absolute Gasteiger partial charge is 0.481 e. The first kappa shape index (κ1) is 20.5. The number of methoxy groups -OCH3 is 1. The topological polar surface area (TPSA) is 77.4 Å². The van der Waals surface area contributed by atoms with Crippen LogP contribution in [0.1, 0.15) is 20.8 Å². The predicted octanol–water partition coefficient (Wildman–Crippen LogP) is 5.27. The summed E-state index contributed by atoms with van der Waals surface area (Å²) in [5.74, 6) is 0.733. The van der Waals surface area contributed by atoms with E-state index in [0.717, 1.165) is 0 Å². The fourth-order valence-corrected chi connectivity index (χ4v) is 2.70. The van der Waals surface area contributed by atoms with Gasteiger partial charge >= 0.3 is 6.09 Å². The van der Waals surface area contributed by atoms with E-state index in [-0.39, 0.29) is 5.82 Å². The number of nitrogens with zero attached hydrogens (tertiary/aromatic N) is 4. The van der Waals surface area contributed by atoms with E-state index in [1.165, 1.54) is 18.2 Å². The number of halogens is 1. The van der Waals surface area contributed by atoms with Gasteiger partial charge in [0.05, 0.1) is 30.9 Å². The second-order valence-corrected chi connectivity index (χ2v) is 7.56. The second-order valence-electron chi connectivity index (χ2n) is 7.12. The van der Waals surface area contributed by atoms with Crippen molar-refractivity contribution in [1.29, 1.82) is 0 Å². The maximum Gasteiger partial charge on any atom is 0.420 e. The molecule has 2 heterocycles. The van der Waals surface area contributed by atoms with Crippen molar-refractivity contribution in [3.05, 3.63) is 59.9 Å². The molecule has 0 aliphatic heterocycles. The maximum atomic E-state index is 13.0. The third kappa shape index (κ3) is 5.20. The summed E-state index contributed by atoms with van der Waals surface area (Å²) >= 11 is 6.14. The fourth-order valence-electron chi connectivity index (χ4n) is 2.51. The van der Waals surface area contributed by atoms with Gasteiger partial charge in [0.2, 0.25) is 5.88 Å². The second kappa shape index (κ2) is 8.45. The molecular weight excluding hydrogens is 392 g/mol. The van der Waals surface area contributed by atoms with E-state index in [1.54, 1.807) is 69.4 Å². The summed E-state index contributed by atoms with van der Waals surface area (Å²) < 4.78 is 10.7. The summed E-state index contributed by atoms with van der Waals surface area (Å²) in [4.78, 5) is 27.5. The predicted molar refractivity (Wildman–Crippen MR) is 112 cm³/mol. The highest BCUT2D eigenvalue weighted by atomic mass is 35.5. The monoisotopic (exact) mass is 412 g/mol. The quantitative estimate of drug-likeness (QED) is 0.580. The average molecular weight is 413 g/mol. The van der Waals surface area contributed by atoms with Crippen LogP contribution >= 0.6 is 11.6 Å². The van der Waals surface area contributed by atoms with Gasteiger partial charge in [0, 0.05) is 11.1 Å². The Morgan fingerprint density at radius 1 is 1.03 bits per heavy atom. The third-order valence-electron chi connectivity index (χ3n) is 3.69. The van der Waals surface area contributed by atoms with Gasteiger partial charge < -0.3 is 9.47 Å². The molecule has 1 amide bonds. The van der Waals surface area contributed by atoms with Gasteiger partial charge in [-0.25, -0.2) is 19.7 Å². The van der Waals surface area contributed by atoms with E-state index in [4.69, 9.17) is 21.1 Å². The van der Waals surface area contributed by atoms with Gasteiger partial charge in [0.1, 0.15) is 11.3 Å². The summed E-state index contributed by atoms with van der Waals surface area (Å²) in [5, 5.41) is 0.481. The maximum absolute atomic E-state index is 13.0. The highest BCUT2D eigenvalue weighted by Gasteiger charge is 2.26. The highest BCUT2D eigenvalue weighted by molar-refractivity contribution is 6.31. The van der Waals surface area contributed by atoms with E-state index < -0.39 is 11.7 Å². The molecule has 0 unspecified atom stereocenters. The van der Waals surface area contributed by atoms with Crippen LogP contribution in [0, 0.1) is 0 Å². The molecule has 3 rings (SSSR count). The molecule has 0 fully saturated rings. The average Bonchev–Trinajstić information content (AvgIpc) is 2.67. The van der Waals surface area contributed by atoms with Crippen molar-refractivity contribution in [2.75, 3.05) is 12.0 Å². The zero-order valence-corrected chi connectivity index (χ0v) is 17.3. The molecule has 1 aromatic carbocycles. The molecular formula is C21H21ClN4O3. The Bertz CT molecular complexity index is 1020. The lowest BCUT2D eigenvalue weighted by atomic mass is 10.2. The summed E-state index contributed by atoms with van der Waals surface area (Å²) in [6.07, 6.45) is 2.45. The Balaban J connectivity index is 2.07. The van der Waals surface area contributed by atoms with Crippen molar-refractivity contribution in [3.8, 4) is 17.3 Å². The van der Waals surface area contributed by atoms with Crippen LogP contribution in [0.2, 0.25) is 5.02 Å². The molecule has 0 saturated carbocycles. The highest BCUT2D eigenvalue weighted by Crippen LogP contribution is 2.29. The molecule has 0 atom stereocenters. The molecule has 0 radical (unpaired) electrons. The number of rotatable bonds is 4. The van der Waals surface area contributed by atoms with Crippen LogP contribution in [0.25, 0.3) is 11.4 Å². The van der Waals surface area contributed by atoms with E-state index in [2.05, 4.69) is 15.0 Å². The van der Waals surface area contributed by atoms with E-state index in [1.807, 2.05) is 0 Å². The van der Waals surface area contributed by atoms with Crippen LogP contribution in [-0.4, -0.2) is 33.8 Å². The molecule has 0 N–H and O–H groups in total. The van der Waals surface area contributed by atoms with Gasteiger partial charge in [-0.2, -0.15) is 0 Å². The number of anilines is 2. The summed E-state index contributed by atoms with van der Waals surface area (Å²) in [5.41, 5.74) is 0.871. The van der Waals surface area contributed by atoms with Gasteiger partial charge in [0.25, 0.3) is 0 Å². The van der Waals surface area contributed by atoms with Crippen LogP contribution < -0.4 is 9.64 Å². The first-order chi connectivity index (χ1) is 13.8. The molecule has 0 saturated heterocycles. The molecule has 7 nitrogen and oxygen atoms in total. The number of pyridine rings is 1. The van der Waals surface area contributed by atoms with Crippen LogP contribution in [0.4, 0.5) is 16.3 Å². The number of carbonyl (C=O) groups excluding carboxylic acids is 1. The van der Waals surface area contributed by atoms with Crippen molar-refractivity contribution < 1.29 is 14.3 Å². The molecule has 0 aliphatic carbocycles. The van der Waals surface area contributed by atoms with Crippen molar-refractivity contribution in [1.82, 2.24) is 15.0 Å². The van der Waals surface area contributed by atoms with Crippen LogP contribution in [0.3, 0.4) is 0 Å². The van der Waals surface area contributed by atoms with Crippen LogP contribution in [-0.2, 0) is 4.74 Å². The number of benzene rings is 1. The lowest BCUT2D eigenvalue weighted by Crippen LogP contribution is -2.34. The van der Waals surface area contributed by atoms with E-state index in [9.17, 15) is 4.79 Å². The number of amides is 1. The zero-order chi connectivity index (χ0) is 21.0. The summed E-state index contributed by atoms with van der Waals surface area (Å²) in [6, 6.07) is 12.2. The Hall–Kier alpha value is -3.19. The molecule has 3 aromatic rings. The molecule has 8 heteroatoms. The Morgan fingerprint density at radius 3 is 2.48 bits per heavy atom. The Morgan fingerprint density at radius 2 is 1.79 bits per heavy atom. The first-order valence-electron chi connectivity index (χ1n) is 8.89. The van der Waals surface area contributed by atoms with Crippen molar-refractivity contribution in [2.24, 2.45) is 0 Å². The van der Waals surface area contributed by atoms with Gasteiger partial charge in [-0.15, -0.1) is 0 Å². The first-order valence-corrected chi connectivity index (χ1v) is 9.27.